The van der Waals surface area contributed by atoms with E-state index in [1.165, 1.54) is 0 Å². The summed E-state index contributed by atoms with van der Waals surface area (Å²) >= 11 is 0. The quantitative estimate of drug-likeness (QED) is 0.627. The molecule has 2 N–H and O–H groups in total. The Hall–Kier alpha value is -2.04. The molecule has 0 radical (unpaired) electrons. The van der Waals surface area contributed by atoms with Crippen LogP contribution in [0.2, 0.25) is 0 Å². The summed E-state index contributed by atoms with van der Waals surface area (Å²) in [5, 5.41) is 0. The first kappa shape index (κ1) is 15.4. The van der Waals surface area contributed by atoms with Crippen molar-refractivity contribution in [1.82, 2.24) is 0 Å². The van der Waals surface area contributed by atoms with Crippen molar-refractivity contribution >= 4 is 0 Å². The van der Waals surface area contributed by atoms with E-state index in [0.717, 1.165) is 11.1 Å². The molecule has 4 nitrogen and oxygen atoms in total. The third-order valence-electron chi connectivity index (χ3n) is 3.12. The van der Waals surface area contributed by atoms with Gasteiger partial charge < -0.3 is 19.9 Å². The fraction of sp³-hybridized carbons (Fsp3) is 0.294. The molecule has 21 heavy (non-hydrogen) atoms. The first-order chi connectivity index (χ1) is 10.2. The summed E-state index contributed by atoms with van der Waals surface area (Å²) in [4.78, 5) is 0. The molecule has 1 unspecified atom stereocenters. The van der Waals surface area contributed by atoms with Crippen LogP contribution in [-0.2, 0) is 11.3 Å². The highest BCUT2D eigenvalue weighted by atomic mass is 16.7. The van der Waals surface area contributed by atoms with Gasteiger partial charge in [0.2, 0.25) is 0 Å². The Balaban J connectivity index is 1.88. The molecule has 2 rings (SSSR count). The van der Waals surface area contributed by atoms with Crippen LogP contribution in [0.25, 0.3) is 0 Å². The zero-order valence-corrected chi connectivity index (χ0v) is 12.4. The molecule has 0 amide bonds. The molecule has 0 heterocycles. The van der Waals surface area contributed by atoms with Crippen LogP contribution in [0.15, 0.2) is 48.5 Å². The largest absolute Gasteiger partial charge is 0.493 e. The predicted molar refractivity (Wildman–Crippen MR) is 82.3 cm³/mol. The van der Waals surface area contributed by atoms with E-state index in [9.17, 15) is 0 Å². The fourth-order valence-corrected chi connectivity index (χ4v) is 1.93. The van der Waals surface area contributed by atoms with E-state index in [4.69, 9.17) is 19.9 Å². The van der Waals surface area contributed by atoms with E-state index in [1.807, 2.05) is 55.5 Å². The summed E-state index contributed by atoms with van der Waals surface area (Å²) < 4.78 is 16.4. The maximum atomic E-state index is 5.85. The van der Waals surface area contributed by atoms with E-state index in [0.29, 0.717) is 18.1 Å². The van der Waals surface area contributed by atoms with Crippen molar-refractivity contribution in [3.63, 3.8) is 0 Å². The van der Waals surface area contributed by atoms with Crippen molar-refractivity contribution in [3.8, 4) is 11.5 Å². The van der Waals surface area contributed by atoms with Gasteiger partial charge in [0.25, 0.3) is 0 Å². The number of hydrogen-bond acceptors (Lipinski definition) is 4. The minimum Gasteiger partial charge on any atom is -0.493 e. The minimum atomic E-state index is -0.0396. The van der Waals surface area contributed by atoms with Gasteiger partial charge in [0.15, 0.2) is 18.3 Å². The average molecular weight is 287 g/mol. The first-order valence-electron chi connectivity index (χ1n) is 6.88. The van der Waals surface area contributed by atoms with Gasteiger partial charge in [0.05, 0.1) is 13.7 Å². The van der Waals surface area contributed by atoms with Crippen LogP contribution in [0.3, 0.4) is 0 Å². The van der Waals surface area contributed by atoms with Crippen molar-refractivity contribution in [2.75, 3.05) is 13.9 Å². The Morgan fingerprint density at radius 3 is 2.48 bits per heavy atom. The van der Waals surface area contributed by atoms with Crippen molar-refractivity contribution in [3.05, 3.63) is 59.7 Å². The molecule has 0 aliphatic carbocycles. The molecular formula is C17H21NO3. The van der Waals surface area contributed by atoms with Gasteiger partial charge >= 0.3 is 0 Å². The molecule has 0 fully saturated rings. The summed E-state index contributed by atoms with van der Waals surface area (Å²) in [5.41, 5.74) is 7.97. The summed E-state index contributed by atoms with van der Waals surface area (Å²) in [7, 11) is 1.61. The number of hydrogen-bond donors (Lipinski definition) is 1. The smallest absolute Gasteiger partial charge is 0.189 e. The number of methoxy groups -OCH3 is 1. The minimum absolute atomic E-state index is 0.0396. The van der Waals surface area contributed by atoms with Crippen LogP contribution >= 0.6 is 0 Å². The maximum Gasteiger partial charge on any atom is 0.189 e. The predicted octanol–water partition coefficient (Wildman–Crippen LogP) is 3.27. The van der Waals surface area contributed by atoms with E-state index < -0.39 is 0 Å². The van der Waals surface area contributed by atoms with Crippen LogP contribution in [-0.4, -0.2) is 13.9 Å². The molecule has 0 aliphatic rings. The highest BCUT2D eigenvalue weighted by Crippen LogP contribution is 2.29. The number of nitrogens with two attached hydrogens (primary N) is 1. The Morgan fingerprint density at radius 2 is 1.81 bits per heavy atom. The highest BCUT2D eigenvalue weighted by molar-refractivity contribution is 5.43. The lowest BCUT2D eigenvalue weighted by Crippen LogP contribution is -2.07. The number of benzene rings is 2. The molecule has 2 aromatic carbocycles. The standard InChI is InChI=1S/C17H21NO3/c1-13(18)15-8-9-16(17(10-15)19-2)21-12-20-11-14-6-4-3-5-7-14/h3-10,13H,11-12,18H2,1-2H3. The SMILES string of the molecule is COc1cc(C(C)N)ccc1OCOCc1ccccc1. The van der Waals surface area contributed by atoms with Crippen molar-refractivity contribution in [2.24, 2.45) is 5.73 Å². The second-order valence-corrected chi connectivity index (χ2v) is 4.80. The lowest BCUT2D eigenvalue weighted by Gasteiger charge is -2.13. The van der Waals surface area contributed by atoms with Gasteiger partial charge in [0.1, 0.15) is 0 Å². The third-order valence-corrected chi connectivity index (χ3v) is 3.12. The normalized spacial score (nSPS) is 12.0. The summed E-state index contributed by atoms with van der Waals surface area (Å²) in [5.74, 6) is 1.31. The van der Waals surface area contributed by atoms with Gasteiger partial charge in [-0.25, -0.2) is 0 Å². The fourth-order valence-electron chi connectivity index (χ4n) is 1.93. The highest BCUT2D eigenvalue weighted by Gasteiger charge is 2.08. The van der Waals surface area contributed by atoms with Gasteiger partial charge in [-0.05, 0) is 30.2 Å². The van der Waals surface area contributed by atoms with Gasteiger partial charge in [-0.3, -0.25) is 0 Å². The molecule has 1 atom stereocenters. The van der Waals surface area contributed by atoms with E-state index in [-0.39, 0.29) is 12.8 Å². The molecular weight excluding hydrogens is 266 g/mol. The van der Waals surface area contributed by atoms with Gasteiger partial charge in [-0.1, -0.05) is 36.4 Å². The molecule has 0 bridgehead atoms. The lowest BCUT2D eigenvalue weighted by molar-refractivity contribution is 0.00374. The van der Waals surface area contributed by atoms with Crippen molar-refractivity contribution < 1.29 is 14.2 Å². The zero-order chi connectivity index (χ0) is 15.1. The van der Waals surface area contributed by atoms with Gasteiger partial charge in [-0.15, -0.1) is 0 Å². The maximum absolute atomic E-state index is 5.85. The molecule has 0 aliphatic heterocycles. The number of rotatable bonds is 7. The summed E-state index contributed by atoms with van der Waals surface area (Å²) in [6.07, 6.45) is 0. The van der Waals surface area contributed by atoms with Crippen molar-refractivity contribution in [1.29, 1.82) is 0 Å². The topological polar surface area (TPSA) is 53.7 Å². The Labute approximate surface area is 125 Å². The van der Waals surface area contributed by atoms with Crippen LogP contribution < -0.4 is 15.2 Å². The van der Waals surface area contributed by atoms with Gasteiger partial charge in [-0.2, -0.15) is 0 Å². The third kappa shape index (κ3) is 4.48. The first-order valence-corrected chi connectivity index (χ1v) is 6.88. The average Bonchev–Trinajstić information content (AvgIpc) is 2.52. The zero-order valence-electron chi connectivity index (χ0n) is 12.4. The summed E-state index contributed by atoms with van der Waals surface area (Å²) in [6.45, 7) is 2.61. The van der Waals surface area contributed by atoms with E-state index >= 15 is 0 Å². The Bertz CT molecular complexity index is 555. The van der Waals surface area contributed by atoms with Crippen molar-refractivity contribution in [2.45, 2.75) is 19.6 Å². The van der Waals surface area contributed by atoms with Crippen LogP contribution in [0, 0.1) is 0 Å². The van der Waals surface area contributed by atoms with Crippen LogP contribution in [0.1, 0.15) is 24.1 Å². The van der Waals surface area contributed by atoms with E-state index in [2.05, 4.69) is 0 Å². The molecule has 2 aromatic rings. The molecule has 0 spiro atoms. The molecule has 0 saturated carbocycles. The Morgan fingerprint density at radius 1 is 1.05 bits per heavy atom. The van der Waals surface area contributed by atoms with Crippen LogP contribution in [0.5, 0.6) is 11.5 Å². The molecule has 0 aromatic heterocycles. The molecule has 0 saturated heterocycles. The van der Waals surface area contributed by atoms with E-state index in [1.54, 1.807) is 7.11 Å². The second-order valence-electron chi connectivity index (χ2n) is 4.80. The Kier molecular flexibility index (Phi) is 5.60. The second kappa shape index (κ2) is 7.67. The molecule has 4 heteroatoms. The molecule has 112 valence electrons. The van der Waals surface area contributed by atoms with Gasteiger partial charge in [0, 0.05) is 6.04 Å². The number of ether oxygens (including phenoxy) is 3. The monoisotopic (exact) mass is 287 g/mol. The van der Waals surface area contributed by atoms with Crippen LogP contribution in [0.4, 0.5) is 0 Å². The summed E-state index contributed by atoms with van der Waals surface area (Å²) in [6, 6.07) is 15.6. The lowest BCUT2D eigenvalue weighted by atomic mass is 10.1.